The van der Waals surface area contributed by atoms with Gasteiger partial charge in [0, 0.05) is 0 Å². The van der Waals surface area contributed by atoms with Crippen molar-refractivity contribution >= 4 is 5.97 Å². The van der Waals surface area contributed by atoms with Gasteiger partial charge in [0.25, 0.3) is 0 Å². The van der Waals surface area contributed by atoms with Crippen molar-refractivity contribution in [3.05, 3.63) is 101 Å². The molecule has 1 atom stereocenters. The molecule has 1 saturated carbocycles. The molecule has 0 aliphatic heterocycles. The second kappa shape index (κ2) is 9.36. The number of hydrogen-bond acceptors (Lipinski definition) is 4. The summed E-state index contributed by atoms with van der Waals surface area (Å²) < 4.78 is 11.0. The van der Waals surface area contributed by atoms with Gasteiger partial charge in [-0.15, -0.1) is 0 Å². The molecule has 4 heteroatoms. The summed E-state index contributed by atoms with van der Waals surface area (Å²) in [6.45, 7) is 2.63. The summed E-state index contributed by atoms with van der Waals surface area (Å²) in [5.41, 5.74) is 2.14. The second-order valence-corrected chi connectivity index (χ2v) is 7.99. The van der Waals surface area contributed by atoms with Gasteiger partial charge < -0.3 is 14.6 Å². The Labute approximate surface area is 183 Å². The Morgan fingerprint density at radius 1 is 0.935 bits per heavy atom. The second-order valence-electron chi connectivity index (χ2n) is 7.99. The number of hydrogen-bond donors (Lipinski definition) is 1. The zero-order valence-corrected chi connectivity index (χ0v) is 17.8. The topological polar surface area (TPSA) is 55.8 Å². The standard InChI is InChI=1S/C27H28O4/c1-2-30-26(28)21-11-13-23(14-12-21)27(29,22-9-6-10-22)24-15-17-25(18-16-24)31-19-20-7-4-3-5-8-20/h3-5,7-8,11-18,22,29H,2,6,9-10,19H2,1H3. The smallest absolute Gasteiger partial charge is 0.338 e. The highest BCUT2D eigenvalue weighted by atomic mass is 16.5. The van der Waals surface area contributed by atoms with E-state index in [2.05, 4.69) is 0 Å². The van der Waals surface area contributed by atoms with Gasteiger partial charge in [-0.05, 0) is 66.6 Å². The monoisotopic (exact) mass is 416 g/mol. The van der Waals surface area contributed by atoms with Gasteiger partial charge in [0.2, 0.25) is 0 Å². The lowest BCUT2D eigenvalue weighted by molar-refractivity contribution is -0.0200. The minimum absolute atomic E-state index is 0.150. The number of ether oxygens (including phenoxy) is 2. The molecule has 1 fully saturated rings. The highest BCUT2D eigenvalue weighted by Crippen LogP contribution is 2.47. The summed E-state index contributed by atoms with van der Waals surface area (Å²) in [6.07, 6.45) is 3.07. The van der Waals surface area contributed by atoms with Gasteiger partial charge in [0.1, 0.15) is 18.0 Å². The lowest BCUT2D eigenvalue weighted by atomic mass is 9.66. The van der Waals surface area contributed by atoms with Gasteiger partial charge in [0.15, 0.2) is 0 Å². The predicted molar refractivity (Wildman–Crippen MR) is 120 cm³/mol. The molecule has 0 spiro atoms. The third-order valence-electron chi connectivity index (χ3n) is 6.07. The molecule has 31 heavy (non-hydrogen) atoms. The fraction of sp³-hybridized carbons (Fsp3) is 0.296. The number of rotatable bonds is 8. The van der Waals surface area contributed by atoms with Crippen LogP contribution in [0.3, 0.4) is 0 Å². The molecule has 1 aliphatic carbocycles. The van der Waals surface area contributed by atoms with Gasteiger partial charge in [0.05, 0.1) is 12.2 Å². The Hall–Kier alpha value is -3.11. The van der Waals surface area contributed by atoms with E-state index in [-0.39, 0.29) is 11.9 Å². The van der Waals surface area contributed by atoms with Crippen molar-refractivity contribution in [3.8, 4) is 5.75 Å². The maximum absolute atomic E-state index is 12.0. The SMILES string of the molecule is CCOC(=O)c1ccc(C(O)(c2ccc(OCc3ccccc3)cc2)C2CCC2)cc1. The van der Waals surface area contributed by atoms with E-state index >= 15 is 0 Å². The van der Waals surface area contributed by atoms with Crippen LogP contribution in [0.1, 0.15) is 53.2 Å². The molecule has 1 unspecified atom stereocenters. The predicted octanol–water partition coefficient (Wildman–Crippen LogP) is 5.48. The van der Waals surface area contributed by atoms with E-state index in [9.17, 15) is 9.90 Å². The molecule has 0 aromatic heterocycles. The molecule has 1 aliphatic rings. The number of carbonyl (C=O) groups excluding carboxylic acids is 1. The normalized spacial score (nSPS) is 15.5. The van der Waals surface area contributed by atoms with Crippen LogP contribution in [0.2, 0.25) is 0 Å². The number of esters is 1. The first-order valence-corrected chi connectivity index (χ1v) is 10.9. The summed E-state index contributed by atoms with van der Waals surface area (Å²) in [7, 11) is 0. The summed E-state index contributed by atoms with van der Waals surface area (Å²) in [5.74, 6) is 0.569. The molecule has 0 bridgehead atoms. The van der Waals surface area contributed by atoms with Gasteiger partial charge in [-0.2, -0.15) is 0 Å². The number of carbonyl (C=O) groups is 1. The maximum Gasteiger partial charge on any atom is 0.338 e. The largest absolute Gasteiger partial charge is 0.489 e. The van der Waals surface area contributed by atoms with Crippen molar-refractivity contribution in [2.24, 2.45) is 5.92 Å². The van der Waals surface area contributed by atoms with Gasteiger partial charge in [-0.1, -0.05) is 61.0 Å². The van der Waals surface area contributed by atoms with E-state index in [4.69, 9.17) is 9.47 Å². The van der Waals surface area contributed by atoms with Crippen LogP contribution in [-0.4, -0.2) is 17.7 Å². The average molecular weight is 417 g/mol. The maximum atomic E-state index is 12.0. The number of benzene rings is 3. The van der Waals surface area contributed by atoms with E-state index in [1.54, 1.807) is 19.1 Å². The highest BCUT2D eigenvalue weighted by Gasteiger charge is 2.43. The Bertz CT molecular complexity index is 992. The van der Waals surface area contributed by atoms with Crippen LogP contribution in [0.5, 0.6) is 5.75 Å². The molecule has 0 heterocycles. The van der Waals surface area contributed by atoms with E-state index in [1.807, 2.05) is 66.7 Å². The van der Waals surface area contributed by atoms with Crippen LogP contribution >= 0.6 is 0 Å². The van der Waals surface area contributed by atoms with Crippen molar-refractivity contribution in [1.29, 1.82) is 0 Å². The Balaban J connectivity index is 1.55. The molecular weight excluding hydrogens is 388 g/mol. The van der Waals surface area contributed by atoms with Gasteiger partial charge in [-0.3, -0.25) is 0 Å². The first-order chi connectivity index (χ1) is 15.1. The summed E-state index contributed by atoms with van der Waals surface area (Å²) in [5, 5.41) is 11.8. The Morgan fingerprint density at radius 3 is 2.10 bits per heavy atom. The van der Waals surface area contributed by atoms with Crippen LogP contribution in [0.25, 0.3) is 0 Å². The highest BCUT2D eigenvalue weighted by molar-refractivity contribution is 5.89. The van der Waals surface area contributed by atoms with Crippen LogP contribution in [0, 0.1) is 5.92 Å². The van der Waals surface area contributed by atoms with E-state index < -0.39 is 5.60 Å². The molecule has 0 saturated heterocycles. The minimum Gasteiger partial charge on any atom is -0.489 e. The third-order valence-corrected chi connectivity index (χ3v) is 6.07. The summed E-state index contributed by atoms with van der Waals surface area (Å²) in [6, 6.07) is 24.9. The molecule has 3 aromatic carbocycles. The van der Waals surface area contributed by atoms with Crippen LogP contribution < -0.4 is 4.74 Å². The van der Waals surface area contributed by atoms with Crippen molar-refractivity contribution in [1.82, 2.24) is 0 Å². The fourth-order valence-corrected chi connectivity index (χ4v) is 4.09. The molecule has 4 nitrogen and oxygen atoms in total. The molecule has 3 aromatic rings. The first kappa shape index (κ1) is 21.1. The van der Waals surface area contributed by atoms with E-state index in [0.717, 1.165) is 41.7 Å². The van der Waals surface area contributed by atoms with Crippen molar-refractivity contribution in [2.45, 2.75) is 38.4 Å². The summed E-state index contributed by atoms with van der Waals surface area (Å²) >= 11 is 0. The molecular formula is C27H28O4. The van der Waals surface area contributed by atoms with Crippen LogP contribution in [-0.2, 0) is 16.9 Å². The molecule has 0 amide bonds. The van der Waals surface area contributed by atoms with Crippen LogP contribution in [0.15, 0.2) is 78.9 Å². The zero-order chi connectivity index (χ0) is 21.7. The third kappa shape index (κ3) is 4.49. The van der Waals surface area contributed by atoms with Crippen molar-refractivity contribution < 1.29 is 19.4 Å². The van der Waals surface area contributed by atoms with Crippen molar-refractivity contribution in [2.75, 3.05) is 6.61 Å². The van der Waals surface area contributed by atoms with E-state index in [1.165, 1.54) is 0 Å². The van der Waals surface area contributed by atoms with Crippen molar-refractivity contribution in [3.63, 3.8) is 0 Å². The number of aliphatic hydroxyl groups is 1. The average Bonchev–Trinajstić information content (AvgIpc) is 2.78. The zero-order valence-electron chi connectivity index (χ0n) is 17.8. The van der Waals surface area contributed by atoms with Gasteiger partial charge in [-0.25, -0.2) is 4.79 Å². The molecule has 1 N–H and O–H groups in total. The lowest BCUT2D eigenvalue weighted by Crippen LogP contribution is -2.40. The fourth-order valence-electron chi connectivity index (χ4n) is 4.09. The Morgan fingerprint density at radius 2 is 1.55 bits per heavy atom. The first-order valence-electron chi connectivity index (χ1n) is 10.9. The Kier molecular flexibility index (Phi) is 6.38. The molecule has 4 rings (SSSR count). The van der Waals surface area contributed by atoms with Gasteiger partial charge >= 0.3 is 5.97 Å². The van der Waals surface area contributed by atoms with E-state index in [0.29, 0.717) is 18.8 Å². The van der Waals surface area contributed by atoms with Crippen LogP contribution in [0.4, 0.5) is 0 Å². The minimum atomic E-state index is -1.09. The summed E-state index contributed by atoms with van der Waals surface area (Å²) in [4.78, 5) is 12.0. The quantitative estimate of drug-likeness (QED) is 0.494. The lowest BCUT2D eigenvalue weighted by Gasteiger charge is -2.42. The molecule has 0 radical (unpaired) electrons. The molecule has 160 valence electrons.